The van der Waals surface area contributed by atoms with Crippen LogP contribution in [0.4, 0.5) is 5.82 Å². The van der Waals surface area contributed by atoms with Gasteiger partial charge < -0.3 is 55.7 Å². The Morgan fingerprint density at radius 1 is 1.06 bits per heavy atom. The van der Waals surface area contributed by atoms with Crippen LogP contribution in [0.25, 0.3) is 11.2 Å². The van der Waals surface area contributed by atoms with Crippen molar-refractivity contribution < 1.29 is 76.3 Å². The van der Waals surface area contributed by atoms with Gasteiger partial charge in [0, 0.05) is 18.4 Å². The van der Waals surface area contributed by atoms with E-state index in [2.05, 4.69) is 23.8 Å². The van der Waals surface area contributed by atoms with Crippen molar-refractivity contribution in [2.75, 3.05) is 18.9 Å². The molecule has 2 aliphatic rings. The van der Waals surface area contributed by atoms with E-state index in [0.29, 0.717) is 5.56 Å². The highest BCUT2D eigenvalue weighted by Gasteiger charge is 2.50. The first-order valence-corrected chi connectivity index (χ1v) is 17.9. The maximum Gasteiger partial charge on any atom is 0.478 e. The maximum absolute atomic E-state index is 12.5. The minimum absolute atomic E-state index is 0.0336. The van der Waals surface area contributed by atoms with Crippen molar-refractivity contribution in [2.24, 2.45) is 5.73 Å². The monoisotopic (exact) mass is 747 g/mol. The van der Waals surface area contributed by atoms with Crippen molar-refractivity contribution in [1.82, 2.24) is 19.5 Å². The van der Waals surface area contributed by atoms with Crippen LogP contribution >= 0.6 is 15.6 Å². The molecule has 5 heterocycles. The van der Waals surface area contributed by atoms with Gasteiger partial charge in [-0.05, 0) is 5.56 Å². The molecule has 0 saturated carbocycles. The summed E-state index contributed by atoms with van der Waals surface area (Å²) in [5.74, 6) is -1.67. The molecule has 0 bridgehead atoms. The number of carbonyl (C=O) groups is 2. The van der Waals surface area contributed by atoms with Crippen LogP contribution < -0.4 is 20.9 Å². The van der Waals surface area contributed by atoms with E-state index in [9.17, 15) is 48.9 Å². The molecule has 2 saturated heterocycles. The van der Waals surface area contributed by atoms with Crippen LogP contribution in [0.3, 0.4) is 0 Å². The number of phosphoric ester groups is 2. The molecule has 0 aromatic carbocycles. The van der Waals surface area contributed by atoms with E-state index >= 15 is 0 Å². The summed E-state index contributed by atoms with van der Waals surface area (Å²) in [6, 6.07) is 1.42. The second-order valence-electron chi connectivity index (χ2n) is 11.4. The molecule has 24 heteroatoms. The lowest BCUT2D eigenvalue weighted by atomic mass is 9.92. The van der Waals surface area contributed by atoms with Crippen molar-refractivity contribution in [3.05, 3.63) is 42.2 Å². The first-order valence-electron chi connectivity index (χ1n) is 14.9. The van der Waals surface area contributed by atoms with Crippen LogP contribution in [-0.2, 0) is 36.8 Å². The molecule has 2 unspecified atom stereocenters. The highest BCUT2D eigenvalue weighted by Crippen LogP contribution is 2.58. The van der Waals surface area contributed by atoms with Gasteiger partial charge in [0.05, 0.1) is 19.5 Å². The number of aliphatic hydroxyl groups is 4. The minimum atomic E-state index is -5.67. The van der Waals surface area contributed by atoms with E-state index in [4.69, 9.17) is 25.5 Å². The van der Waals surface area contributed by atoms with E-state index in [1.54, 1.807) is 13.8 Å². The number of pyridine rings is 1. The number of carbonyl (C=O) groups excluding carboxylic acids is 2. The molecular weight excluding hydrogens is 712 g/mol. The second-order valence-corrected chi connectivity index (χ2v) is 14.4. The molecule has 0 radical (unpaired) electrons. The fraction of sp³-hybridized carbons (Fsp3) is 0.538. The number of rotatable bonds is 14. The number of amides is 1. The Labute approximate surface area is 282 Å². The number of anilines is 1. The van der Waals surface area contributed by atoms with Crippen LogP contribution in [0.2, 0.25) is 0 Å². The Bertz CT molecular complexity index is 1850. The quantitative estimate of drug-likeness (QED) is 0.0658. The average molecular weight is 748 g/mol. The molecule has 5 rings (SSSR count). The molecule has 0 spiro atoms. The Hall–Kier alpha value is -3.34. The van der Waals surface area contributed by atoms with Crippen molar-refractivity contribution >= 4 is 44.3 Å². The van der Waals surface area contributed by atoms with Gasteiger partial charge in [-0.1, -0.05) is 13.8 Å². The summed E-state index contributed by atoms with van der Waals surface area (Å²) in [7, 11) is -11.2. The second kappa shape index (κ2) is 14.7. The number of primary amides is 1. The SMILES string of the molecule is CCC(=O)[C@@H](C)c1cc[n+]([C@@H]2O[C@H](COP(=O)(O)OP(=O)([O-])OC[C@H]3O[C@@H](n4cnc5c(N)ncnc54)[C@H](O)[C@@H]3O)[C@@H](O)[C@H]2O)cc1C(N)=O. The molecule has 22 nitrogen and oxygen atoms in total. The van der Waals surface area contributed by atoms with Crippen LogP contribution in [-0.4, -0.2) is 106 Å². The molecule has 274 valence electrons. The van der Waals surface area contributed by atoms with E-state index in [1.807, 2.05) is 0 Å². The Morgan fingerprint density at radius 3 is 2.40 bits per heavy atom. The third-order valence-electron chi connectivity index (χ3n) is 8.21. The number of hydrogen-bond acceptors (Lipinski definition) is 18. The van der Waals surface area contributed by atoms with Crippen molar-refractivity contribution in [3.63, 3.8) is 0 Å². The Kier molecular flexibility index (Phi) is 11.2. The highest BCUT2D eigenvalue weighted by atomic mass is 31.3. The van der Waals surface area contributed by atoms with Gasteiger partial charge in [-0.25, -0.2) is 23.8 Å². The van der Waals surface area contributed by atoms with Gasteiger partial charge in [-0.2, -0.15) is 4.57 Å². The van der Waals surface area contributed by atoms with E-state index < -0.39 is 89.8 Å². The molecular formula is C26H35N7O15P2. The minimum Gasteiger partial charge on any atom is -0.756 e. The van der Waals surface area contributed by atoms with E-state index in [0.717, 1.165) is 6.33 Å². The third kappa shape index (κ3) is 7.77. The van der Waals surface area contributed by atoms with E-state index in [1.165, 1.54) is 33.9 Å². The smallest absolute Gasteiger partial charge is 0.478 e. The zero-order chi connectivity index (χ0) is 36.7. The van der Waals surface area contributed by atoms with Crippen LogP contribution in [0.15, 0.2) is 31.1 Å². The first kappa shape index (κ1) is 37.9. The lowest BCUT2D eigenvalue weighted by Crippen LogP contribution is -2.46. The van der Waals surface area contributed by atoms with Crippen LogP contribution in [0.1, 0.15) is 54.6 Å². The average Bonchev–Trinajstić information content (AvgIpc) is 3.71. The largest absolute Gasteiger partial charge is 0.756 e. The standard InChI is InChI=1S/C26H35N7O15P2/c1-3-14(34)11(2)12-4-5-32(6-13(12)23(28)39)25-20(37)18(35)15(46-25)7-44-49(40,41)48-50(42,43)45-8-16-19(36)21(38)26(47-16)33-10-31-17-22(27)29-9-30-24(17)33/h4-6,9-11,15-16,18-21,25-26,35-38H,3,7-8H2,1-2H3,(H5-,27,28,29,30,39,40,41,42,43)/t11-,15+,16+,18+,19+,20+,21+,25+,26+/m0/s1. The van der Waals surface area contributed by atoms with Crippen molar-refractivity contribution in [1.29, 1.82) is 0 Å². The first-order chi connectivity index (χ1) is 23.4. The van der Waals surface area contributed by atoms with Gasteiger partial charge in [0.1, 0.15) is 53.7 Å². The number of ketones is 1. The highest BCUT2D eigenvalue weighted by molar-refractivity contribution is 7.60. The van der Waals surface area contributed by atoms with Crippen molar-refractivity contribution in [3.8, 4) is 0 Å². The van der Waals surface area contributed by atoms with Gasteiger partial charge in [-0.15, -0.1) is 0 Å². The number of nitrogen functional groups attached to an aromatic ring is 1. The summed E-state index contributed by atoms with van der Waals surface area (Å²) in [5, 5.41) is 42.1. The third-order valence-corrected chi connectivity index (χ3v) is 10.8. The number of phosphoric acid groups is 2. The number of nitrogens with two attached hydrogens (primary N) is 2. The number of ether oxygens (including phenoxy) is 2. The number of aromatic nitrogens is 5. The zero-order valence-corrected chi connectivity index (χ0v) is 28.1. The topological polar surface area (TPSA) is 338 Å². The number of fused-ring (bicyclic) bond motifs is 1. The summed E-state index contributed by atoms with van der Waals surface area (Å²) < 4.78 is 52.0. The molecule has 3 aromatic rings. The molecule has 2 fully saturated rings. The lowest BCUT2D eigenvalue weighted by molar-refractivity contribution is -0.765. The fourth-order valence-electron chi connectivity index (χ4n) is 5.52. The molecule has 0 aliphatic carbocycles. The predicted octanol–water partition coefficient (Wildman–Crippen LogP) is -2.57. The Morgan fingerprint density at radius 2 is 1.72 bits per heavy atom. The van der Waals surface area contributed by atoms with Gasteiger partial charge in [0.15, 0.2) is 36.2 Å². The molecule has 1 amide bonds. The molecule has 3 aromatic heterocycles. The molecule has 50 heavy (non-hydrogen) atoms. The van der Waals surface area contributed by atoms with Gasteiger partial charge in [0.2, 0.25) is 0 Å². The summed E-state index contributed by atoms with van der Waals surface area (Å²) in [4.78, 5) is 58.7. The number of imidazole rings is 1. The molecule has 9 N–H and O–H groups in total. The summed E-state index contributed by atoms with van der Waals surface area (Å²) in [5.41, 5.74) is 11.9. The van der Waals surface area contributed by atoms with Gasteiger partial charge >= 0.3 is 7.82 Å². The predicted molar refractivity (Wildman–Crippen MR) is 161 cm³/mol. The fourth-order valence-corrected chi connectivity index (χ4v) is 7.57. The van der Waals surface area contributed by atoms with Crippen LogP contribution in [0, 0.1) is 0 Å². The molecule has 2 aliphatic heterocycles. The molecule has 11 atom stereocenters. The number of aliphatic hydroxyl groups excluding tert-OH is 4. The van der Waals surface area contributed by atoms with Crippen LogP contribution in [0.5, 0.6) is 0 Å². The van der Waals surface area contributed by atoms with E-state index in [-0.39, 0.29) is 34.7 Å². The summed E-state index contributed by atoms with van der Waals surface area (Å²) >= 11 is 0. The Balaban J connectivity index is 1.18. The van der Waals surface area contributed by atoms with Gasteiger partial charge in [0.25, 0.3) is 20.0 Å². The van der Waals surface area contributed by atoms with Gasteiger partial charge in [-0.3, -0.25) is 23.2 Å². The lowest BCUT2D eigenvalue weighted by Gasteiger charge is -2.26. The summed E-state index contributed by atoms with van der Waals surface area (Å²) in [6.07, 6.45) is -7.33. The number of nitrogens with zero attached hydrogens (tertiary/aromatic N) is 5. The normalized spacial score (nSPS) is 29.8. The zero-order valence-electron chi connectivity index (χ0n) is 26.3. The number of Topliss-reactive ketones (excluding diaryl/α,β-unsaturated/α-hetero) is 1. The van der Waals surface area contributed by atoms with Crippen molar-refractivity contribution in [2.45, 2.75) is 75.3 Å². The maximum atomic E-state index is 12.5. The summed E-state index contributed by atoms with van der Waals surface area (Å²) in [6.45, 7) is 1.30. The number of hydrogen-bond donors (Lipinski definition) is 7.